The highest BCUT2D eigenvalue weighted by atomic mass is 19.1. The third-order valence-corrected chi connectivity index (χ3v) is 4.10. The molecule has 3 rings (SSSR count). The summed E-state index contributed by atoms with van der Waals surface area (Å²) in [4.78, 5) is 16.5. The number of amides is 1. The van der Waals surface area contributed by atoms with E-state index in [1.54, 1.807) is 30.5 Å². The first kappa shape index (κ1) is 19.4. The molecule has 0 unspecified atom stereocenters. The smallest absolute Gasteiger partial charge is 0.252 e. The number of carbonyl (C=O) groups excluding carboxylic acids is 1. The van der Waals surface area contributed by atoms with E-state index >= 15 is 0 Å². The van der Waals surface area contributed by atoms with Crippen LogP contribution in [0.5, 0.6) is 5.75 Å². The Hall–Kier alpha value is -3.41. The van der Waals surface area contributed by atoms with Gasteiger partial charge in [-0.3, -0.25) is 9.78 Å². The summed E-state index contributed by atoms with van der Waals surface area (Å²) in [7, 11) is 0. The standard InChI is InChI=1S/C22H22FN3O2/c1-2-28-21-10-6-5-9-20(21)26-18-13-17(14-24-15-18)22(27)25-12-11-16-7-3-4-8-19(16)23/h3-10,13-15,26H,2,11-12H2,1H3,(H,25,27). The first-order valence-electron chi connectivity index (χ1n) is 9.13. The van der Waals surface area contributed by atoms with E-state index in [2.05, 4.69) is 15.6 Å². The van der Waals surface area contributed by atoms with Gasteiger partial charge in [-0.05, 0) is 43.2 Å². The second-order valence-electron chi connectivity index (χ2n) is 6.11. The average Bonchev–Trinajstić information content (AvgIpc) is 2.71. The summed E-state index contributed by atoms with van der Waals surface area (Å²) in [6.45, 7) is 2.82. The van der Waals surface area contributed by atoms with Crippen molar-refractivity contribution in [3.63, 3.8) is 0 Å². The zero-order valence-corrected chi connectivity index (χ0v) is 15.6. The number of pyridine rings is 1. The second-order valence-corrected chi connectivity index (χ2v) is 6.11. The molecule has 0 fully saturated rings. The molecular weight excluding hydrogens is 357 g/mol. The Morgan fingerprint density at radius 2 is 1.89 bits per heavy atom. The maximum Gasteiger partial charge on any atom is 0.252 e. The molecule has 0 aliphatic carbocycles. The van der Waals surface area contributed by atoms with Crippen LogP contribution in [0.3, 0.4) is 0 Å². The minimum Gasteiger partial charge on any atom is -0.492 e. The van der Waals surface area contributed by atoms with E-state index in [9.17, 15) is 9.18 Å². The van der Waals surface area contributed by atoms with Crippen molar-refractivity contribution in [1.82, 2.24) is 10.3 Å². The minimum absolute atomic E-state index is 0.259. The largest absolute Gasteiger partial charge is 0.492 e. The predicted octanol–water partition coefficient (Wildman–Crippen LogP) is 4.34. The Bertz CT molecular complexity index is 946. The molecule has 2 aromatic carbocycles. The zero-order valence-electron chi connectivity index (χ0n) is 15.6. The number of carbonyl (C=O) groups is 1. The molecule has 0 aliphatic rings. The number of nitrogens with one attached hydrogen (secondary N) is 2. The fourth-order valence-electron chi connectivity index (χ4n) is 2.75. The molecule has 1 aromatic heterocycles. The van der Waals surface area contributed by atoms with E-state index in [0.717, 1.165) is 11.4 Å². The molecule has 1 amide bonds. The predicted molar refractivity (Wildman–Crippen MR) is 108 cm³/mol. The summed E-state index contributed by atoms with van der Waals surface area (Å²) in [6.07, 6.45) is 3.56. The molecular formula is C22H22FN3O2. The molecule has 2 N–H and O–H groups in total. The van der Waals surface area contributed by atoms with E-state index in [-0.39, 0.29) is 11.7 Å². The van der Waals surface area contributed by atoms with Crippen molar-refractivity contribution in [2.24, 2.45) is 0 Å². The first-order chi connectivity index (χ1) is 13.7. The van der Waals surface area contributed by atoms with Gasteiger partial charge in [0.1, 0.15) is 11.6 Å². The number of rotatable bonds is 8. The molecule has 0 saturated carbocycles. The summed E-state index contributed by atoms with van der Waals surface area (Å²) in [5.74, 6) is 0.202. The SMILES string of the molecule is CCOc1ccccc1Nc1cncc(C(=O)NCCc2ccccc2F)c1. The normalized spacial score (nSPS) is 10.4. The molecule has 0 saturated heterocycles. The van der Waals surface area contributed by atoms with Gasteiger partial charge in [0, 0.05) is 12.7 Å². The molecule has 28 heavy (non-hydrogen) atoms. The van der Waals surface area contributed by atoms with E-state index < -0.39 is 0 Å². The van der Waals surface area contributed by atoms with Crippen LogP contribution in [-0.4, -0.2) is 24.0 Å². The summed E-state index contributed by atoms with van der Waals surface area (Å²) < 4.78 is 19.2. The van der Waals surface area contributed by atoms with Crippen molar-refractivity contribution in [2.45, 2.75) is 13.3 Å². The number of para-hydroxylation sites is 2. The Morgan fingerprint density at radius 1 is 1.11 bits per heavy atom. The van der Waals surface area contributed by atoms with Crippen LogP contribution in [0, 0.1) is 5.82 Å². The van der Waals surface area contributed by atoms with Gasteiger partial charge in [0.2, 0.25) is 0 Å². The van der Waals surface area contributed by atoms with E-state index in [4.69, 9.17) is 4.74 Å². The molecule has 0 spiro atoms. The second kappa shape index (κ2) is 9.50. The lowest BCUT2D eigenvalue weighted by atomic mass is 10.1. The third-order valence-electron chi connectivity index (χ3n) is 4.10. The van der Waals surface area contributed by atoms with Crippen molar-refractivity contribution >= 4 is 17.3 Å². The molecule has 0 aliphatic heterocycles. The quantitative estimate of drug-likeness (QED) is 0.611. The van der Waals surface area contributed by atoms with Gasteiger partial charge in [-0.2, -0.15) is 0 Å². The fraction of sp³-hybridized carbons (Fsp3) is 0.182. The first-order valence-corrected chi connectivity index (χ1v) is 9.13. The van der Waals surface area contributed by atoms with E-state index in [1.165, 1.54) is 12.3 Å². The number of benzene rings is 2. The van der Waals surface area contributed by atoms with Gasteiger partial charge in [0.15, 0.2) is 0 Å². The number of hydrogen-bond donors (Lipinski definition) is 2. The molecule has 1 heterocycles. The lowest BCUT2D eigenvalue weighted by molar-refractivity contribution is 0.0953. The highest BCUT2D eigenvalue weighted by molar-refractivity contribution is 5.94. The van der Waals surface area contributed by atoms with Crippen molar-refractivity contribution < 1.29 is 13.9 Å². The third kappa shape index (κ3) is 5.07. The van der Waals surface area contributed by atoms with Gasteiger partial charge in [0.25, 0.3) is 5.91 Å². The minimum atomic E-state index is -0.266. The Morgan fingerprint density at radius 3 is 2.71 bits per heavy atom. The lowest BCUT2D eigenvalue weighted by Crippen LogP contribution is -2.26. The molecule has 0 bridgehead atoms. The highest BCUT2D eigenvalue weighted by Gasteiger charge is 2.09. The number of halogens is 1. The van der Waals surface area contributed by atoms with Crippen molar-refractivity contribution in [2.75, 3.05) is 18.5 Å². The van der Waals surface area contributed by atoms with Crippen LogP contribution < -0.4 is 15.4 Å². The monoisotopic (exact) mass is 379 g/mol. The average molecular weight is 379 g/mol. The number of ether oxygens (including phenoxy) is 1. The molecule has 6 heteroatoms. The number of nitrogens with zero attached hydrogens (tertiary/aromatic N) is 1. The molecule has 3 aromatic rings. The van der Waals surface area contributed by atoms with Gasteiger partial charge >= 0.3 is 0 Å². The Labute approximate surface area is 163 Å². The van der Waals surface area contributed by atoms with Gasteiger partial charge < -0.3 is 15.4 Å². The molecule has 5 nitrogen and oxygen atoms in total. The van der Waals surface area contributed by atoms with Crippen molar-refractivity contribution in [3.8, 4) is 5.75 Å². The highest BCUT2D eigenvalue weighted by Crippen LogP contribution is 2.27. The Balaban J connectivity index is 1.63. The van der Waals surface area contributed by atoms with E-state index in [1.807, 2.05) is 31.2 Å². The van der Waals surface area contributed by atoms with E-state index in [0.29, 0.717) is 36.4 Å². The Kier molecular flexibility index (Phi) is 6.57. The van der Waals surface area contributed by atoms with Crippen LogP contribution in [0.25, 0.3) is 0 Å². The van der Waals surface area contributed by atoms with Crippen molar-refractivity contribution in [1.29, 1.82) is 0 Å². The van der Waals surface area contributed by atoms with Gasteiger partial charge in [-0.25, -0.2) is 4.39 Å². The molecule has 144 valence electrons. The summed E-state index contributed by atoms with van der Waals surface area (Å²) in [5, 5.41) is 6.02. The van der Waals surface area contributed by atoms with Crippen LogP contribution in [0.4, 0.5) is 15.8 Å². The maximum atomic E-state index is 13.6. The van der Waals surface area contributed by atoms with Gasteiger partial charge in [-0.15, -0.1) is 0 Å². The summed E-state index contributed by atoms with van der Waals surface area (Å²) in [6, 6.07) is 15.8. The fourth-order valence-corrected chi connectivity index (χ4v) is 2.75. The van der Waals surface area contributed by atoms with Crippen LogP contribution in [0.2, 0.25) is 0 Å². The van der Waals surface area contributed by atoms with Crippen LogP contribution in [0.1, 0.15) is 22.8 Å². The lowest BCUT2D eigenvalue weighted by Gasteiger charge is -2.12. The number of aromatic nitrogens is 1. The zero-order chi connectivity index (χ0) is 19.8. The van der Waals surface area contributed by atoms with Crippen molar-refractivity contribution in [3.05, 3.63) is 83.9 Å². The summed E-state index contributed by atoms with van der Waals surface area (Å²) >= 11 is 0. The maximum absolute atomic E-state index is 13.6. The van der Waals surface area contributed by atoms with Crippen LogP contribution in [-0.2, 0) is 6.42 Å². The van der Waals surface area contributed by atoms with Gasteiger partial charge in [0.05, 0.1) is 29.7 Å². The van der Waals surface area contributed by atoms with Gasteiger partial charge in [-0.1, -0.05) is 30.3 Å². The van der Waals surface area contributed by atoms with Crippen LogP contribution in [0.15, 0.2) is 67.0 Å². The number of hydrogen-bond acceptors (Lipinski definition) is 4. The number of anilines is 2. The van der Waals surface area contributed by atoms with Crippen LogP contribution >= 0.6 is 0 Å². The molecule has 0 atom stereocenters. The summed E-state index contributed by atoms with van der Waals surface area (Å²) in [5.41, 5.74) is 2.47. The molecule has 0 radical (unpaired) electrons. The topological polar surface area (TPSA) is 63.2 Å².